The van der Waals surface area contributed by atoms with E-state index in [2.05, 4.69) is 16.3 Å². The number of aromatic amines is 1. The van der Waals surface area contributed by atoms with Gasteiger partial charge in [0.05, 0.1) is 10.9 Å². The van der Waals surface area contributed by atoms with E-state index in [0.717, 1.165) is 12.0 Å². The zero-order chi connectivity index (χ0) is 11.7. The van der Waals surface area contributed by atoms with E-state index < -0.39 is 11.4 Å². The normalized spacial score (nSPS) is 12.9. The Morgan fingerprint density at radius 2 is 2.12 bits per heavy atom. The van der Waals surface area contributed by atoms with Crippen molar-refractivity contribution in [1.82, 2.24) is 4.98 Å². The van der Waals surface area contributed by atoms with E-state index in [1.807, 2.05) is 19.1 Å². The van der Waals surface area contributed by atoms with Gasteiger partial charge in [0.1, 0.15) is 0 Å². The Hall–Kier alpha value is -1.84. The minimum atomic E-state index is -0.709. The van der Waals surface area contributed by atoms with Crippen molar-refractivity contribution in [2.45, 2.75) is 26.2 Å². The predicted octanol–water partition coefficient (Wildman–Crippen LogP) is 1.99. The van der Waals surface area contributed by atoms with E-state index in [-0.39, 0.29) is 5.92 Å². The molecule has 0 bridgehead atoms. The molecule has 1 atom stereocenters. The number of hydrogen-bond donors (Lipinski definition) is 1. The van der Waals surface area contributed by atoms with E-state index in [9.17, 15) is 9.59 Å². The summed E-state index contributed by atoms with van der Waals surface area (Å²) < 4.78 is 4.56. The Balaban J connectivity index is 2.87. The van der Waals surface area contributed by atoms with Gasteiger partial charge < -0.3 is 4.42 Å². The monoisotopic (exact) mass is 219 g/mol. The average Bonchev–Trinajstić information content (AvgIpc) is 2.26. The van der Waals surface area contributed by atoms with E-state index in [1.54, 1.807) is 6.07 Å². The standard InChI is InChI=1S/C12H13NO3/c1-3-7(2)8-5-4-6-9-10(8)11(14)16-12(15)13-9/h4-7H,3H2,1-2H3,(H,13,15). The van der Waals surface area contributed by atoms with Gasteiger partial charge in [-0.1, -0.05) is 26.0 Å². The molecule has 0 aliphatic carbocycles. The van der Waals surface area contributed by atoms with E-state index in [1.165, 1.54) is 0 Å². The summed E-state index contributed by atoms with van der Waals surface area (Å²) >= 11 is 0. The van der Waals surface area contributed by atoms with Crippen LogP contribution in [0.15, 0.2) is 32.2 Å². The first kappa shape index (κ1) is 10.7. The Morgan fingerprint density at radius 3 is 2.81 bits per heavy atom. The molecule has 1 unspecified atom stereocenters. The van der Waals surface area contributed by atoms with Crippen LogP contribution in [0, 0.1) is 0 Å². The molecule has 1 heterocycles. The lowest BCUT2D eigenvalue weighted by Gasteiger charge is -2.10. The molecule has 0 fully saturated rings. The summed E-state index contributed by atoms with van der Waals surface area (Å²) in [5.41, 5.74) is 0.902. The van der Waals surface area contributed by atoms with Gasteiger partial charge in [-0.05, 0) is 24.0 Å². The highest BCUT2D eigenvalue weighted by Crippen LogP contribution is 2.23. The first-order valence-electron chi connectivity index (χ1n) is 5.29. The van der Waals surface area contributed by atoms with Crippen molar-refractivity contribution in [3.8, 4) is 0 Å². The maximum atomic E-state index is 11.7. The zero-order valence-corrected chi connectivity index (χ0v) is 9.24. The Bertz CT molecular complexity index is 624. The first-order valence-corrected chi connectivity index (χ1v) is 5.29. The van der Waals surface area contributed by atoms with Crippen LogP contribution in [0.3, 0.4) is 0 Å². The molecule has 1 N–H and O–H groups in total. The van der Waals surface area contributed by atoms with Crippen LogP contribution in [-0.2, 0) is 0 Å². The first-order chi connectivity index (χ1) is 7.63. The van der Waals surface area contributed by atoms with Crippen LogP contribution in [0.4, 0.5) is 0 Å². The summed E-state index contributed by atoms with van der Waals surface area (Å²) in [4.78, 5) is 25.2. The lowest BCUT2D eigenvalue weighted by Crippen LogP contribution is -2.16. The second-order valence-electron chi connectivity index (χ2n) is 3.88. The summed E-state index contributed by atoms with van der Waals surface area (Å²) in [6.45, 7) is 4.09. The molecule has 4 heteroatoms. The van der Waals surface area contributed by atoms with Crippen LogP contribution in [0.1, 0.15) is 31.7 Å². The third-order valence-corrected chi connectivity index (χ3v) is 2.87. The number of H-pyrrole nitrogens is 1. The van der Waals surface area contributed by atoms with Crippen molar-refractivity contribution in [2.24, 2.45) is 0 Å². The number of benzene rings is 1. The van der Waals surface area contributed by atoms with Gasteiger partial charge in [-0.25, -0.2) is 9.59 Å². The SMILES string of the molecule is CCC(C)c1cccc2[nH]c(=O)oc(=O)c12. The van der Waals surface area contributed by atoms with Gasteiger partial charge in [0.25, 0.3) is 0 Å². The van der Waals surface area contributed by atoms with E-state index >= 15 is 0 Å². The lowest BCUT2D eigenvalue weighted by atomic mass is 9.95. The Morgan fingerprint density at radius 1 is 1.38 bits per heavy atom. The molecule has 0 aliphatic heterocycles. The third-order valence-electron chi connectivity index (χ3n) is 2.87. The number of fused-ring (bicyclic) bond motifs is 1. The number of rotatable bonds is 2. The van der Waals surface area contributed by atoms with Gasteiger partial charge in [0.15, 0.2) is 0 Å². The minimum absolute atomic E-state index is 0.262. The summed E-state index contributed by atoms with van der Waals surface area (Å²) in [5.74, 6) is -0.448. The van der Waals surface area contributed by atoms with Crippen LogP contribution in [0.25, 0.3) is 10.9 Å². The molecule has 2 aromatic rings. The van der Waals surface area contributed by atoms with Crippen molar-refractivity contribution in [2.75, 3.05) is 0 Å². The quantitative estimate of drug-likeness (QED) is 0.840. The molecule has 0 saturated carbocycles. The molecule has 0 amide bonds. The van der Waals surface area contributed by atoms with Gasteiger partial charge >= 0.3 is 11.4 Å². The summed E-state index contributed by atoms with van der Waals surface area (Å²) in [6, 6.07) is 5.43. The lowest BCUT2D eigenvalue weighted by molar-refractivity contribution is 0.459. The second kappa shape index (κ2) is 3.96. The summed E-state index contributed by atoms with van der Waals surface area (Å²) in [6.07, 6.45) is 0.928. The van der Waals surface area contributed by atoms with Crippen LogP contribution in [0.2, 0.25) is 0 Å². The fourth-order valence-electron chi connectivity index (χ4n) is 1.80. The number of hydrogen-bond acceptors (Lipinski definition) is 3. The van der Waals surface area contributed by atoms with Gasteiger partial charge in [0.2, 0.25) is 0 Å². The van der Waals surface area contributed by atoms with Crippen LogP contribution in [-0.4, -0.2) is 4.98 Å². The van der Waals surface area contributed by atoms with Crippen molar-refractivity contribution in [1.29, 1.82) is 0 Å². The van der Waals surface area contributed by atoms with Crippen LogP contribution in [0.5, 0.6) is 0 Å². The molecule has 16 heavy (non-hydrogen) atoms. The van der Waals surface area contributed by atoms with Crippen LogP contribution < -0.4 is 11.4 Å². The van der Waals surface area contributed by atoms with Crippen LogP contribution >= 0.6 is 0 Å². The van der Waals surface area contributed by atoms with Gasteiger partial charge in [-0.2, -0.15) is 0 Å². The topological polar surface area (TPSA) is 63.1 Å². The van der Waals surface area contributed by atoms with E-state index in [4.69, 9.17) is 0 Å². The molecule has 4 nitrogen and oxygen atoms in total. The highest BCUT2D eigenvalue weighted by Gasteiger charge is 2.12. The fraction of sp³-hybridized carbons (Fsp3) is 0.333. The molecule has 0 aliphatic rings. The molecule has 0 radical (unpaired) electrons. The summed E-state index contributed by atoms with van der Waals surface area (Å²) in [7, 11) is 0. The van der Waals surface area contributed by atoms with Crippen molar-refractivity contribution >= 4 is 10.9 Å². The molecular weight excluding hydrogens is 206 g/mol. The molecule has 0 saturated heterocycles. The van der Waals surface area contributed by atoms with Gasteiger partial charge in [-0.3, -0.25) is 4.98 Å². The second-order valence-corrected chi connectivity index (χ2v) is 3.88. The molecular formula is C12H13NO3. The molecule has 0 spiro atoms. The number of nitrogens with one attached hydrogen (secondary N) is 1. The fourth-order valence-corrected chi connectivity index (χ4v) is 1.80. The number of aromatic nitrogens is 1. The Kier molecular flexibility index (Phi) is 2.64. The average molecular weight is 219 g/mol. The van der Waals surface area contributed by atoms with Crippen molar-refractivity contribution < 1.29 is 4.42 Å². The molecule has 84 valence electrons. The molecule has 1 aromatic carbocycles. The van der Waals surface area contributed by atoms with Gasteiger partial charge in [0, 0.05) is 0 Å². The smallest absolute Gasteiger partial charge is 0.372 e. The highest BCUT2D eigenvalue weighted by molar-refractivity contribution is 5.81. The van der Waals surface area contributed by atoms with Crippen molar-refractivity contribution in [3.05, 3.63) is 44.7 Å². The maximum absolute atomic E-state index is 11.7. The minimum Gasteiger partial charge on any atom is -0.372 e. The zero-order valence-electron chi connectivity index (χ0n) is 9.24. The largest absolute Gasteiger partial charge is 0.419 e. The van der Waals surface area contributed by atoms with E-state index in [0.29, 0.717) is 10.9 Å². The third kappa shape index (κ3) is 1.66. The van der Waals surface area contributed by atoms with Gasteiger partial charge in [-0.15, -0.1) is 0 Å². The Labute approximate surface area is 91.9 Å². The molecule has 2 rings (SSSR count). The predicted molar refractivity (Wildman–Crippen MR) is 61.8 cm³/mol. The van der Waals surface area contributed by atoms with Crippen molar-refractivity contribution in [3.63, 3.8) is 0 Å². The summed E-state index contributed by atoms with van der Waals surface area (Å²) in [5, 5.41) is 0.483. The highest BCUT2D eigenvalue weighted by atomic mass is 16.4. The molecule has 1 aromatic heterocycles. The maximum Gasteiger partial charge on any atom is 0.419 e.